The molecule has 0 aromatic heterocycles. The summed E-state index contributed by atoms with van der Waals surface area (Å²) in [5, 5.41) is 0. The Hall–Kier alpha value is -3.15. The summed E-state index contributed by atoms with van der Waals surface area (Å²) in [7, 11) is 0. The van der Waals surface area contributed by atoms with Crippen molar-refractivity contribution in [2.45, 2.75) is 264 Å². The lowest BCUT2D eigenvalue weighted by atomic mass is 10.0. The van der Waals surface area contributed by atoms with Crippen LogP contribution in [-0.4, -0.2) is 37.2 Å². The van der Waals surface area contributed by atoms with Gasteiger partial charge in [0, 0.05) is 19.3 Å². The highest BCUT2D eigenvalue weighted by Crippen LogP contribution is 2.15. The molecule has 0 aliphatic heterocycles. The van der Waals surface area contributed by atoms with E-state index in [1.54, 1.807) is 0 Å². The van der Waals surface area contributed by atoms with E-state index in [4.69, 9.17) is 14.2 Å². The molecule has 0 spiro atoms. The van der Waals surface area contributed by atoms with Crippen molar-refractivity contribution in [3.05, 3.63) is 72.9 Å². The fourth-order valence-electron chi connectivity index (χ4n) is 7.40. The van der Waals surface area contributed by atoms with Gasteiger partial charge in [0.15, 0.2) is 6.10 Å². The Balaban J connectivity index is 4.44. The fraction of sp³-hybridized carbons (Fsp3) is 0.741. The zero-order chi connectivity index (χ0) is 46.5. The van der Waals surface area contributed by atoms with Gasteiger partial charge in [-0.3, -0.25) is 14.4 Å². The first-order chi connectivity index (χ1) is 31.5. The van der Waals surface area contributed by atoms with Crippen LogP contribution in [0.25, 0.3) is 0 Å². The number of ether oxygens (including phenoxy) is 3. The molecule has 0 saturated carbocycles. The minimum atomic E-state index is -0.794. The molecular formula is C58H100O6. The van der Waals surface area contributed by atoms with Crippen LogP contribution < -0.4 is 0 Å². The fourth-order valence-corrected chi connectivity index (χ4v) is 7.40. The quantitative estimate of drug-likeness (QED) is 0.0262. The zero-order valence-corrected chi connectivity index (χ0v) is 42.0. The van der Waals surface area contributed by atoms with E-state index >= 15 is 0 Å². The molecule has 0 bridgehead atoms. The summed E-state index contributed by atoms with van der Waals surface area (Å²) in [6, 6.07) is 0. The van der Waals surface area contributed by atoms with Crippen LogP contribution in [0, 0.1) is 0 Å². The second-order valence-electron chi connectivity index (χ2n) is 17.8. The third-order valence-electron chi connectivity index (χ3n) is 11.4. The van der Waals surface area contributed by atoms with Crippen LogP contribution in [0.15, 0.2) is 72.9 Å². The number of rotatable bonds is 48. The highest BCUT2D eigenvalue weighted by Gasteiger charge is 2.19. The average molecular weight is 893 g/mol. The Labute approximate surface area is 395 Å². The Morgan fingerprint density at radius 3 is 0.984 bits per heavy atom. The molecule has 1 atom stereocenters. The third kappa shape index (κ3) is 49.9. The van der Waals surface area contributed by atoms with E-state index in [-0.39, 0.29) is 31.1 Å². The molecule has 0 aromatic carbocycles. The molecule has 1 unspecified atom stereocenters. The normalized spacial score (nSPS) is 12.6. The van der Waals surface area contributed by atoms with Crippen LogP contribution in [0.3, 0.4) is 0 Å². The van der Waals surface area contributed by atoms with Crippen molar-refractivity contribution in [1.29, 1.82) is 0 Å². The van der Waals surface area contributed by atoms with Crippen LogP contribution in [0.1, 0.15) is 258 Å². The van der Waals surface area contributed by atoms with Crippen molar-refractivity contribution in [3.8, 4) is 0 Å². The Kier molecular flexibility index (Phi) is 49.9. The van der Waals surface area contributed by atoms with E-state index in [2.05, 4.69) is 93.7 Å². The van der Waals surface area contributed by atoms with Gasteiger partial charge in [-0.05, 0) is 89.9 Å². The molecule has 0 aliphatic carbocycles. The lowest BCUT2D eigenvalue weighted by Gasteiger charge is -2.18. The van der Waals surface area contributed by atoms with Gasteiger partial charge in [0.2, 0.25) is 0 Å². The number of hydrogen-bond donors (Lipinski definition) is 0. The van der Waals surface area contributed by atoms with Gasteiger partial charge >= 0.3 is 17.9 Å². The molecule has 368 valence electrons. The van der Waals surface area contributed by atoms with Crippen molar-refractivity contribution in [2.75, 3.05) is 13.2 Å². The molecule has 0 N–H and O–H groups in total. The van der Waals surface area contributed by atoms with Crippen molar-refractivity contribution in [3.63, 3.8) is 0 Å². The molecule has 0 fully saturated rings. The van der Waals surface area contributed by atoms with Crippen LogP contribution >= 0.6 is 0 Å². The van der Waals surface area contributed by atoms with Gasteiger partial charge in [0.25, 0.3) is 0 Å². The third-order valence-corrected chi connectivity index (χ3v) is 11.4. The predicted octanol–water partition coefficient (Wildman–Crippen LogP) is 17.8. The first-order valence-corrected chi connectivity index (χ1v) is 26.9. The summed E-state index contributed by atoms with van der Waals surface area (Å²) in [5.41, 5.74) is 0. The molecule has 0 aromatic rings. The SMILES string of the molecule is CC/C=C\C/C=C\C/C=C\C/C=C\C/C=C\CCCCCC(=O)OCC(COC(=O)CCCCCCCCCCCCCCC)OC(=O)CCCCC/C=C\CCCCCCCCC. The van der Waals surface area contributed by atoms with Crippen molar-refractivity contribution in [2.24, 2.45) is 0 Å². The number of allylic oxidation sites excluding steroid dienone is 12. The van der Waals surface area contributed by atoms with Crippen molar-refractivity contribution in [1.82, 2.24) is 0 Å². The minimum Gasteiger partial charge on any atom is -0.462 e. The summed E-state index contributed by atoms with van der Waals surface area (Å²) < 4.78 is 16.8. The lowest BCUT2D eigenvalue weighted by molar-refractivity contribution is -0.167. The maximum Gasteiger partial charge on any atom is 0.306 e. The van der Waals surface area contributed by atoms with Crippen molar-refractivity contribution < 1.29 is 28.6 Å². The molecule has 0 saturated heterocycles. The molecule has 64 heavy (non-hydrogen) atoms. The van der Waals surface area contributed by atoms with Crippen LogP contribution in [-0.2, 0) is 28.6 Å². The van der Waals surface area contributed by atoms with Crippen LogP contribution in [0.5, 0.6) is 0 Å². The molecular weight excluding hydrogens is 793 g/mol. The monoisotopic (exact) mass is 893 g/mol. The van der Waals surface area contributed by atoms with E-state index < -0.39 is 6.10 Å². The van der Waals surface area contributed by atoms with E-state index in [0.29, 0.717) is 19.3 Å². The van der Waals surface area contributed by atoms with Gasteiger partial charge in [-0.1, -0.05) is 222 Å². The maximum absolute atomic E-state index is 12.8. The number of carbonyl (C=O) groups excluding carboxylic acids is 3. The van der Waals surface area contributed by atoms with Crippen LogP contribution in [0.4, 0.5) is 0 Å². The van der Waals surface area contributed by atoms with Gasteiger partial charge < -0.3 is 14.2 Å². The maximum atomic E-state index is 12.8. The molecule has 0 aliphatic rings. The highest BCUT2D eigenvalue weighted by atomic mass is 16.6. The molecule has 0 amide bonds. The van der Waals surface area contributed by atoms with Crippen LogP contribution in [0.2, 0.25) is 0 Å². The number of carbonyl (C=O) groups is 3. The number of esters is 3. The molecule has 0 heterocycles. The largest absolute Gasteiger partial charge is 0.462 e. The standard InChI is InChI=1S/C58H100O6/c1-4-7-10-13-16-19-22-25-27-28-29-30-31-34-36-39-42-45-48-51-57(60)63-54-55(53-62-56(59)50-47-44-41-38-35-32-24-21-18-15-12-9-6-3)64-58(61)52-49-46-43-40-37-33-26-23-20-17-14-11-8-5-2/h7,10,16,19,25,27,29-30,33-34,36-37,55H,4-6,8-9,11-15,17-18,20-24,26,28,31-32,35,38-54H2,1-3H3/b10-7-,19-16-,27-25-,30-29-,36-34-,37-33-. The van der Waals surface area contributed by atoms with Gasteiger partial charge in [-0.2, -0.15) is 0 Å². The van der Waals surface area contributed by atoms with E-state index in [0.717, 1.165) is 109 Å². The van der Waals surface area contributed by atoms with E-state index in [1.165, 1.54) is 109 Å². The second kappa shape index (κ2) is 52.5. The number of hydrogen-bond acceptors (Lipinski definition) is 6. The smallest absolute Gasteiger partial charge is 0.306 e. The second-order valence-corrected chi connectivity index (χ2v) is 17.8. The summed E-state index contributed by atoms with van der Waals surface area (Å²) in [6.07, 6.45) is 66.0. The Bertz CT molecular complexity index is 1210. The highest BCUT2D eigenvalue weighted by molar-refractivity contribution is 5.71. The van der Waals surface area contributed by atoms with Crippen molar-refractivity contribution >= 4 is 17.9 Å². The molecule has 0 rings (SSSR count). The summed E-state index contributed by atoms with van der Waals surface area (Å²) in [5.74, 6) is -0.935. The summed E-state index contributed by atoms with van der Waals surface area (Å²) in [6.45, 7) is 6.49. The lowest BCUT2D eigenvalue weighted by Crippen LogP contribution is -2.30. The molecule has 6 heteroatoms. The summed E-state index contributed by atoms with van der Waals surface area (Å²) >= 11 is 0. The summed E-state index contributed by atoms with van der Waals surface area (Å²) in [4.78, 5) is 38.0. The topological polar surface area (TPSA) is 78.9 Å². The molecule has 6 nitrogen and oxygen atoms in total. The van der Waals surface area contributed by atoms with Gasteiger partial charge in [-0.15, -0.1) is 0 Å². The Morgan fingerprint density at radius 1 is 0.328 bits per heavy atom. The Morgan fingerprint density at radius 2 is 0.609 bits per heavy atom. The van der Waals surface area contributed by atoms with Gasteiger partial charge in [0.05, 0.1) is 0 Å². The first kappa shape index (κ1) is 60.9. The average Bonchev–Trinajstić information content (AvgIpc) is 3.29. The predicted molar refractivity (Wildman–Crippen MR) is 274 cm³/mol. The zero-order valence-electron chi connectivity index (χ0n) is 42.0. The van der Waals surface area contributed by atoms with E-state index in [9.17, 15) is 14.4 Å². The first-order valence-electron chi connectivity index (χ1n) is 26.9. The van der Waals surface area contributed by atoms with E-state index in [1.807, 2.05) is 0 Å². The minimum absolute atomic E-state index is 0.0902. The van der Waals surface area contributed by atoms with Gasteiger partial charge in [-0.25, -0.2) is 0 Å². The van der Waals surface area contributed by atoms with Gasteiger partial charge in [0.1, 0.15) is 13.2 Å². The number of unbranched alkanes of at least 4 members (excludes halogenated alkanes) is 25. The molecule has 0 radical (unpaired) electrons.